The van der Waals surface area contributed by atoms with Gasteiger partial charge in [-0.25, -0.2) is 0 Å². The molecule has 18 heavy (non-hydrogen) atoms. The van der Waals surface area contributed by atoms with Gasteiger partial charge in [0.25, 0.3) is 0 Å². The largest absolute Gasteiger partial charge is 0.463 e. The number of hydrogen-bond donors (Lipinski definition) is 1. The molecule has 0 fully saturated rings. The molecule has 0 bridgehead atoms. The molecule has 0 saturated heterocycles. The third-order valence-corrected chi connectivity index (χ3v) is 3.01. The summed E-state index contributed by atoms with van der Waals surface area (Å²) in [5, 5.41) is 7.67. The standard InChI is InChI=1S/C14H21N3O/c1-4-11-8-12(5-2)17(16-11)10-14-7-6-13(18-14)9-15-3/h6-8,15H,4-5,9-10H2,1-3H3. The fourth-order valence-electron chi connectivity index (χ4n) is 2.03. The Morgan fingerprint density at radius 2 is 2.00 bits per heavy atom. The van der Waals surface area contributed by atoms with E-state index >= 15 is 0 Å². The van der Waals surface area contributed by atoms with Gasteiger partial charge in [-0.15, -0.1) is 0 Å². The highest BCUT2D eigenvalue weighted by Crippen LogP contribution is 2.12. The molecule has 0 atom stereocenters. The third kappa shape index (κ3) is 2.82. The minimum absolute atomic E-state index is 0.715. The number of nitrogens with zero attached hydrogens (tertiary/aromatic N) is 2. The zero-order valence-corrected chi connectivity index (χ0v) is 11.4. The highest BCUT2D eigenvalue weighted by molar-refractivity contribution is 5.13. The predicted octanol–water partition coefficient (Wildman–Crippen LogP) is 2.37. The van der Waals surface area contributed by atoms with Gasteiger partial charge in [0.05, 0.1) is 18.8 Å². The van der Waals surface area contributed by atoms with Gasteiger partial charge >= 0.3 is 0 Å². The molecule has 4 heteroatoms. The summed E-state index contributed by atoms with van der Waals surface area (Å²) in [7, 11) is 1.92. The first-order valence-electron chi connectivity index (χ1n) is 6.54. The van der Waals surface area contributed by atoms with E-state index in [2.05, 4.69) is 30.3 Å². The molecule has 0 aliphatic heterocycles. The van der Waals surface area contributed by atoms with Crippen LogP contribution in [0.1, 0.15) is 36.8 Å². The summed E-state index contributed by atoms with van der Waals surface area (Å²) < 4.78 is 7.79. The summed E-state index contributed by atoms with van der Waals surface area (Å²) in [5.74, 6) is 1.93. The monoisotopic (exact) mass is 247 g/mol. The van der Waals surface area contributed by atoms with E-state index in [1.807, 2.05) is 23.9 Å². The van der Waals surface area contributed by atoms with Crippen LogP contribution in [-0.2, 0) is 25.9 Å². The van der Waals surface area contributed by atoms with Crippen LogP contribution in [-0.4, -0.2) is 16.8 Å². The number of aromatic nitrogens is 2. The molecule has 0 aliphatic rings. The van der Waals surface area contributed by atoms with Crippen LogP contribution in [0.4, 0.5) is 0 Å². The van der Waals surface area contributed by atoms with Gasteiger partial charge in [-0.05, 0) is 38.1 Å². The van der Waals surface area contributed by atoms with Gasteiger partial charge in [0.2, 0.25) is 0 Å². The molecule has 4 nitrogen and oxygen atoms in total. The molecule has 0 spiro atoms. The molecule has 98 valence electrons. The van der Waals surface area contributed by atoms with Crippen LogP contribution >= 0.6 is 0 Å². The van der Waals surface area contributed by atoms with Crippen LogP contribution in [0.5, 0.6) is 0 Å². The van der Waals surface area contributed by atoms with Gasteiger partial charge in [-0.1, -0.05) is 13.8 Å². The number of hydrogen-bond acceptors (Lipinski definition) is 3. The van der Waals surface area contributed by atoms with E-state index < -0.39 is 0 Å². The first-order valence-corrected chi connectivity index (χ1v) is 6.54. The Labute approximate surface area is 108 Å². The average molecular weight is 247 g/mol. The number of rotatable bonds is 6. The molecule has 0 saturated carbocycles. The van der Waals surface area contributed by atoms with E-state index in [0.29, 0.717) is 6.54 Å². The van der Waals surface area contributed by atoms with Crippen molar-refractivity contribution in [3.05, 3.63) is 41.1 Å². The molecule has 2 aromatic heterocycles. The van der Waals surface area contributed by atoms with Crippen molar-refractivity contribution in [2.45, 2.75) is 39.8 Å². The zero-order chi connectivity index (χ0) is 13.0. The van der Waals surface area contributed by atoms with E-state index in [-0.39, 0.29) is 0 Å². The fourth-order valence-corrected chi connectivity index (χ4v) is 2.03. The molecule has 0 aliphatic carbocycles. The molecule has 2 rings (SSSR count). The van der Waals surface area contributed by atoms with Gasteiger partial charge in [0.15, 0.2) is 0 Å². The average Bonchev–Trinajstić information content (AvgIpc) is 2.97. The quantitative estimate of drug-likeness (QED) is 0.852. The molecule has 0 unspecified atom stereocenters. The minimum Gasteiger partial charge on any atom is -0.463 e. The van der Waals surface area contributed by atoms with Crippen LogP contribution in [0.3, 0.4) is 0 Å². The topological polar surface area (TPSA) is 43.0 Å². The molecule has 2 heterocycles. The van der Waals surface area contributed by atoms with Gasteiger partial charge in [0.1, 0.15) is 11.5 Å². The Bertz CT molecular complexity index is 499. The molecule has 2 aromatic rings. The van der Waals surface area contributed by atoms with Crippen molar-refractivity contribution in [3.8, 4) is 0 Å². The number of furan rings is 1. The normalized spacial score (nSPS) is 11.1. The van der Waals surface area contributed by atoms with Crippen molar-refractivity contribution in [2.24, 2.45) is 0 Å². The van der Waals surface area contributed by atoms with Crippen molar-refractivity contribution >= 4 is 0 Å². The van der Waals surface area contributed by atoms with Crippen molar-refractivity contribution < 1.29 is 4.42 Å². The lowest BCUT2D eigenvalue weighted by atomic mass is 10.2. The zero-order valence-electron chi connectivity index (χ0n) is 11.4. The highest BCUT2D eigenvalue weighted by atomic mass is 16.3. The van der Waals surface area contributed by atoms with Gasteiger partial charge in [-0.3, -0.25) is 4.68 Å². The fraction of sp³-hybridized carbons (Fsp3) is 0.500. The number of aryl methyl sites for hydroxylation is 2. The second kappa shape index (κ2) is 5.87. The van der Waals surface area contributed by atoms with Crippen LogP contribution in [0.2, 0.25) is 0 Å². The van der Waals surface area contributed by atoms with Crippen molar-refractivity contribution in [2.75, 3.05) is 7.05 Å². The van der Waals surface area contributed by atoms with E-state index in [9.17, 15) is 0 Å². The van der Waals surface area contributed by atoms with E-state index in [4.69, 9.17) is 4.42 Å². The summed E-state index contributed by atoms with van der Waals surface area (Å²) in [6, 6.07) is 6.22. The van der Waals surface area contributed by atoms with Crippen molar-refractivity contribution in [1.82, 2.24) is 15.1 Å². The van der Waals surface area contributed by atoms with Crippen LogP contribution in [0.15, 0.2) is 22.6 Å². The summed E-state index contributed by atoms with van der Waals surface area (Å²) in [5.41, 5.74) is 2.41. The van der Waals surface area contributed by atoms with Crippen LogP contribution < -0.4 is 5.32 Å². The summed E-state index contributed by atoms with van der Waals surface area (Å²) in [6.45, 7) is 5.76. The lowest BCUT2D eigenvalue weighted by Crippen LogP contribution is -2.06. The maximum Gasteiger partial charge on any atom is 0.125 e. The first-order chi connectivity index (χ1) is 8.76. The van der Waals surface area contributed by atoms with Gasteiger partial charge in [-0.2, -0.15) is 5.10 Å². The highest BCUT2D eigenvalue weighted by Gasteiger charge is 2.08. The molecule has 0 amide bonds. The molecule has 0 radical (unpaired) electrons. The maximum absolute atomic E-state index is 5.75. The Kier molecular flexibility index (Phi) is 4.20. The number of nitrogens with one attached hydrogen (secondary N) is 1. The Morgan fingerprint density at radius 1 is 1.22 bits per heavy atom. The van der Waals surface area contributed by atoms with Gasteiger partial charge < -0.3 is 9.73 Å². The Morgan fingerprint density at radius 3 is 2.67 bits per heavy atom. The Balaban J connectivity index is 2.14. The van der Waals surface area contributed by atoms with E-state index in [1.54, 1.807) is 0 Å². The summed E-state index contributed by atoms with van der Waals surface area (Å²) in [4.78, 5) is 0. The van der Waals surface area contributed by atoms with Crippen LogP contribution in [0, 0.1) is 0 Å². The SMILES string of the molecule is CCc1cc(CC)n(Cc2ccc(CNC)o2)n1. The van der Waals surface area contributed by atoms with E-state index in [0.717, 1.165) is 36.6 Å². The molecule has 0 aromatic carbocycles. The summed E-state index contributed by atoms with van der Waals surface area (Å²) >= 11 is 0. The van der Waals surface area contributed by atoms with Crippen molar-refractivity contribution in [1.29, 1.82) is 0 Å². The lowest BCUT2D eigenvalue weighted by molar-refractivity contribution is 0.432. The third-order valence-electron chi connectivity index (χ3n) is 3.01. The maximum atomic E-state index is 5.75. The van der Waals surface area contributed by atoms with Crippen molar-refractivity contribution in [3.63, 3.8) is 0 Å². The Hall–Kier alpha value is -1.55. The molecular weight excluding hydrogens is 226 g/mol. The predicted molar refractivity (Wildman–Crippen MR) is 71.6 cm³/mol. The second-order valence-corrected chi connectivity index (χ2v) is 4.39. The second-order valence-electron chi connectivity index (χ2n) is 4.39. The minimum atomic E-state index is 0.715. The molecular formula is C14H21N3O. The molecule has 1 N–H and O–H groups in total. The summed E-state index contributed by atoms with van der Waals surface area (Å²) in [6.07, 6.45) is 1.97. The smallest absolute Gasteiger partial charge is 0.125 e. The van der Waals surface area contributed by atoms with Crippen LogP contribution in [0.25, 0.3) is 0 Å². The first kappa shape index (κ1) is 12.9. The van der Waals surface area contributed by atoms with E-state index in [1.165, 1.54) is 5.69 Å². The lowest BCUT2D eigenvalue weighted by Gasteiger charge is -2.03. The van der Waals surface area contributed by atoms with Gasteiger partial charge in [0, 0.05) is 5.69 Å².